The lowest BCUT2D eigenvalue weighted by Gasteiger charge is -2.06. The molecule has 92 valence electrons. The molecule has 0 aliphatic carbocycles. The molecule has 0 radical (unpaired) electrons. The van der Waals surface area contributed by atoms with Gasteiger partial charge in [0, 0.05) is 0 Å². The first-order valence-electron chi connectivity index (χ1n) is 5.68. The molecule has 2 rings (SSSR count). The molecule has 4 heteroatoms. The van der Waals surface area contributed by atoms with E-state index in [0.29, 0.717) is 0 Å². The average molecular weight is 242 g/mol. The Kier molecular flexibility index (Phi) is 3.57. The Morgan fingerprint density at radius 2 is 1.78 bits per heavy atom. The van der Waals surface area contributed by atoms with E-state index in [0.717, 1.165) is 16.3 Å². The third-order valence-corrected chi connectivity index (χ3v) is 2.69. The summed E-state index contributed by atoms with van der Waals surface area (Å²) in [5, 5.41) is 4.63. The average Bonchev–Trinajstić information content (AvgIpc) is 2.37. The van der Waals surface area contributed by atoms with E-state index in [9.17, 15) is 9.59 Å². The van der Waals surface area contributed by atoms with Gasteiger partial charge in [0.25, 0.3) is 0 Å². The molecule has 0 aromatic heterocycles. The Morgan fingerprint density at radius 3 is 2.56 bits per heavy atom. The second kappa shape index (κ2) is 5.31. The van der Waals surface area contributed by atoms with Gasteiger partial charge in [0.05, 0.1) is 13.0 Å². The van der Waals surface area contributed by atoms with Crippen LogP contribution in [0.1, 0.15) is 5.56 Å². The van der Waals surface area contributed by atoms with Gasteiger partial charge in [-0.1, -0.05) is 42.5 Å². The monoisotopic (exact) mass is 242 g/mol. The van der Waals surface area contributed by atoms with Gasteiger partial charge < -0.3 is 11.1 Å². The molecule has 0 heterocycles. The molecule has 2 aromatic carbocycles. The summed E-state index contributed by atoms with van der Waals surface area (Å²) in [6.07, 6.45) is 0.245. The molecule has 0 bridgehead atoms. The van der Waals surface area contributed by atoms with E-state index in [1.54, 1.807) is 0 Å². The smallest absolute Gasteiger partial charge is 0.236 e. The van der Waals surface area contributed by atoms with Crippen LogP contribution in [0, 0.1) is 0 Å². The summed E-state index contributed by atoms with van der Waals surface area (Å²) in [6, 6.07) is 13.7. The van der Waals surface area contributed by atoms with Gasteiger partial charge in [0.15, 0.2) is 0 Å². The summed E-state index contributed by atoms with van der Waals surface area (Å²) in [5.74, 6) is -0.744. The van der Waals surface area contributed by atoms with Crippen molar-refractivity contribution in [3.63, 3.8) is 0 Å². The Balaban J connectivity index is 2.16. The van der Waals surface area contributed by atoms with E-state index in [-0.39, 0.29) is 18.9 Å². The number of rotatable bonds is 4. The number of amides is 2. The standard InChI is InChI=1S/C14H14N2O2/c15-13(17)9-16-14(18)8-11-6-3-5-10-4-1-2-7-12(10)11/h1-7H,8-9H2,(H2,15,17)(H,16,18). The van der Waals surface area contributed by atoms with Crippen LogP contribution in [0.2, 0.25) is 0 Å². The van der Waals surface area contributed by atoms with Crippen molar-refractivity contribution in [2.45, 2.75) is 6.42 Å². The molecule has 0 spiro atoms. The minimum atomic E-state index is -0.540. The molecule has 4 nitrogen and oxygen atoms in total. The van der Waals surface area contributed by atoms with Crippen LogP contribution in [-0.4, -0.2) is 18.4 Å². The molecule has 0 fully saturated rings. The summed E-state index contributed by atoms with van der Waals surface area (Å²) in [6.45, 7) is -0.121. The van der Waals surface area contributed by atoms with Crippen LogP contribution in [0.3, 0.4) is 0 Å². The number of nitrogens with one attached hydrogen (secondary N) is 1. The third kappa shape index (κ3) is 2.85. The van der Waals surface area contributed by atoms with Gasteiger partial charge >= 0.3 is 0 Å². The summed E-state index contributed by atoms with van der Waals surface area (Å²) in [5.41, 5.74) is 5.91. The Labute approximate surface area is 105 Å². The molecule has 3 N–H and O–H groups in total. The van der Waals surface area contributed by atoms with Gasteiger partial charge in [-0.25, -0.2) is 0 Å². The largest absolute Gasteiger partial charge is 0.368 e. The number of carbonyl (C=O) groups is 2. The van der Waals surface area contributed by atoms with Gasteiger partial charge in [-0.2, -0.15) is 0 Å². The first-order valence-corrected chi connectivity index (χ1v) is 5.68. The fraction of sp³-hybridized carbons (Fsp3) is 0.143. The van der Waals surface area contributed by atoms with E-state index in [1.807, 2.05) is 42.5 Å². The molecule has 2 aromatic rings. The molecule has 0 aliphatic heterocycles. The van der Waals surface area contributed by atoms with Gasteiger partial charge in [-0.15, -0.1) is 0 Å². The highest BCUT2D eigenvalue weighted by atomic mass is 16.2. The number of benzene rings is 2. The van der Waals surface area contributed by atoms with Crippen molar-refractivity contribution in [2.24, 2.45) is 5.73 Å². The Bertz CT molecular complexity index is 588. The lowest BCUT2D eigenvalue weighted by Crippen LogP contribution is -2.34. The predicted octanol–water partition coefficient (Wildman–Crippen LogP) is 0.984. The molecule has 18 heavy (non-hydrogen) atoms. The van der Waals surface area contributed by atoms with E-state index < -0.39 is 5.91 Å². The molecular weight excluding hydrogens is 228 g/mol. The molecule has 0 aliphatic rings. The van der Waals surface area contributed by atoms with Crippen molar-refractivity contribution in [2.75, 3.05) is 6.54 Å². The zero-order chi connectivity index (χ0) is 13.0. The second-order valence-corrected chi connectivity index (χ2v) is 4.06. The molecule has 0 saturated heterocycles. The van der Waals surface area contributed by atoms with Crippen LogP contribution in [0.15, 0.2) is 42.5 Å². The SMILES string of the molecule is NC(=O)CNC(=O)Cc1cccc2ccccc12. The zero-order valence-corrected chi connectivity index (χ0v) is 9.85. The minimum absolute atomic E-state index is 0.121. The topological polar surface area (TPSA) is 72.2 Å². The summed E-state index contributed by atoms with van der Waals surface area (Å²) < 4.78 is 0. The van der Waals surface area contributed by atoms with Crippen molar-refractivity contribution in [1.82, 2.24) is 5.32 Å². The molecule has 0 atom stereocenters. The maximum absolute atomic E-state index is 11.6. The van der Waals surface area contributed by atoms with Crippen molar-refractivity contribution in [1.29, 1.82) is 0 Å². The quantitative estimate of drug-likeness (QED) is 0.839. The van der Waals surface area contributed by atoms with Crippen LogP contribution >= 0.6 is 0 Å². The van der Waals surface area contributed by atoms with Gasteiger partial charge in [-0.05, 0) is 16.3 Å². The third-order valence-electron chi connectivity index (χ3n) is 2.69. The maximum Gasteiger partial charge on any atom is 0.236 e. The fourth-order valence-corrected chi connectivity index (χ4v) is 1.87. The number of hydrogen-bond acceptors (Lipinski definition) is 2. The normalized spacial score (nSPS) is 10.2. The lowest BCUT2D eigenvalue weighted by molar-refractivity contribution is -0.124. The number of primary amides is 1. The number of carbonyl (C=O) groups excluding carboxylic acids is 2. The summed E-state index contributed by atoms with van der Waals surface area (Å²) in [4.78, 5) is 22.2. The Hall–Kier alpha value is -2.36. The number of nitrogens with two attached hydrogens (primary N) is 1. The Morgan fingerprint density at radius 1 is 1.06 bits per heavy atom. The molecule has 0 unspecified atom stereocenters. The molecular formula is C14H14N2O2. The highest BCUT2D eigenvalue weighted by Crippen LogP contribution is 2.18. The van der Waals surface area contributed by atoms with E-state index in [1.165, 1.54) is 0 Å². The van der Waals surface area contributed by atoms with Crippen molar-refractivity contribution in [3.05, 3.63) is 48.0 Å². The van der Waals surface area contributed by atoms with E-state index >= 15 is 0 Å². The molecule has 2 amide bonds. The van der Waals surface area contributed by atoms with Gasteiger partial charge in [-0.3, -0.25) is 9.59 Å². The molecule has 0 saturated carbocycles. The maximum atomic E-state index is 11.6. The first kappa shape index (κ1) is 12.1. The number of fused-ring (bicyclic) bond motifs is 1. The van der Waals surface area contributed by atoms with Crippen LogP contribution in [-0.2, 0) is 16.0 Å². The van der Waals surface area contributed by atoms with Gasteiger partial charge in [0.2, 0.25) is 11.8 Å². The van der Waals surface area contributed by atoms with Crippen LogP contribution in [0.25, 0.3) is 10.8 Å². The second-order valence-electron chi connectivity index (χ2n) is 4.06. The van der Waals surface area contributed by atoms with E-state index in [2.05, 4.69) is 5.32 Å². The van der Waals surface area contributed by atoms with Crippen LogP contribution in [0.4, 0.5) is 0 Å². The van der Waals surface area contributed by atoms with Crippen molar-refractivity contribution >= 4 is 22.6 Å². The van der Waals surface area contributed by atoms with Crippen molar-refractivity contribution < 1.29 is 9.59 Å². The highest BCUT2D eigenvalue weighted by Gasteiger charge is 2.07. The summed E-state index contributed by atoms with van der Waals surface area (Å²) >= 11 is 0. The van der Waals surface area contributed by atoms with Crippen LogP contribution in [0.5, 0.6) is 0 Å². The predicted molar refractivity (Wildman–Crippen MR) is 69.9 cm³/mol. The first-order chi connectivity index (χ1) is 8.66. The highest BCUT2D eigenvalue weighted by molar-refractivity contribution is 5.91. The van der Waals surface area contributed by atoms with E-state index in [4.69, 9.17) is 5.73 Å². The summed E-state index contributed by atoms with van der Waals surface area (Å²) in [7, 11) is 0. The lowest BCUT2D eigenvalue weighted by atomic mass is 10.0. The minimum Gasteiger partial charge on any atom is -0.368 e. The van der Waals surface area contributed by atoms with Gasteiger partial charge in [0.1, 0.15) is 0 Å². The van der Waals surface area contributed by atoms with Crippen LogP contribution < -0.4 is 11.1 Å². The van der Waals surface area contributed by atoms with Crippen molar-refractivity contribution in [3.8, 4) is 0 Å². The number of hydrogen-bond donors (Lipinski definition) is 2. The fourth-order valence-electron chi connectivity index (χ4n) is 1.87. The zero-order valence-electron chi connectivity index (χ0n) is 9.85.